The lowest BCUT2D eigenvalue weighted by Crippen LogP contribution is -2.25. The van der Waals surface area contributed by atoms with Crippen LogP contribution in [-0.4, -0.2) is 23.1 Å². The first kappa shape index (κ1) is 12.0. The van der Waals surface area contributed by atoms with Gasteiger partial charge in [0.2, 0.25) is 0 Å². The summed E-state index contributed by atoms with van der Waals surface area (Å²) in [6, 6.07) is 8.78. The maximum atomic E-state index is 11.2. The van der Waals surface area contributed by atoms with Crippen LogP contribution in [0.1, 0.15) is 18.6 Å². The molecule has 1 aromatic rings. The highest BCUT2D eigenvalue weighted by atomic mass is 35.5. The lowest BCUT2D eigenvalue weighted by Gasteiger charge is -2.15. The quantitative estimate of drug-likeness (QED) is 0.632. The Morgan fingerprint density at radius 2 is 2.07 bits per heavy atom. The van der Waals surface area contributed by atoms with Crippen molar-refractivity contribution >= 4 is 17.6 Å². The Balaban J connectivity index is 2.68. The van der Waals surface area contributed by atoms with Crippen LogP contribution in [0.15, 0.2) is 30.3 Å². The van der Waals surface area contributed by atoms with Crippen LogP contribution in [0.3, 0.4) is 0 Å². The van der Waals surface area contributed by atoms with E-state index in [9.17, 15) is 9.90 Å². The molecule has 0 saturated carbocycles. The fourth-order valence-electron chi connectivity index (χ4n) is 1.17. The number of ether oxygens (including phenoxy) is 1. The third kappa shape index (κ3) is 3.22. The van der Waals surface area contributed by atoms with Gasteiger partial charge in [-0.15, -0.1) is 11.6 Å². The summed E-state index contributed by atoms with van der Waals surface area (Å²) in [6.07, 6.45) is -1.04. The van der Waals surface area contributed by atoms with Gasteiger partial charge in [0.1, 0.15) is 6.10 Å². The zero-order valence-electron chi connectivity index (χ0n) is 8.39. The molecular weight excluding hydrogens is 216 g/mol. The molecule has 0 radical (unpaired) electrons. The number of benzene rings is 1. The number of hydrogen-bond donors (Lipinski definition) is 1. The summed E-state index contributed by atoms with van der Waals surface area (Å²) in [4.78, 5) is 11.2. The SMILES string of the molecule is CCOC(=O)[C@@H](Cl)[C@H](O)c1ccccc1. The average Bonchev–Trinajstić information content (AvgIpc) is 2.28. The van der Waals surface area contributed by atoms with Gasteiger partial charge in [-0.25, -0.2) is 0 Å². The first-order chi connectivity index (χ1) is 7.16. The minimum Gasteiger partial charge on any atom is -0.465 e. The summed E-state index contributed by atoms with van der Waals surface area (Å²) in [6.45, 7) is 1.94. The zero-order valence-corrected chi connectivity index (χ0v) is 9.15. The van der Waals surface area contributed by atoms with E-state index in [-0.39, 0.29) is 6.61 Å². The number of carbonyl (C=O) groups is 1. The van der Waals surface area contributed by atoms with Crippen LogP contribution in [0.4, 0.5) is 0 Å². The Hall–Kier alpha value is -1.06. The molecule has 1 rings (SSSR count). The number of alkyl halides is 1. The van der Waals surface area contributed by atoms with Gasteiger partial charge in [-0.2, -0.15) is 0 Å². The molecule has 0 aromatic heterocycles. The molecule has 0 aliphatic carbocycles. The second-order valence-electron chi connectivity index (χ2n) is 3.01. The zero-order chi connectivity index (χ0) is 11.3. The molecule has 0 saturated heterocycles. The lowest BCUT2D eigenvalue weighted by atomic mass is 10.1. The van der Waals surface area contributed by atoms with Crippen molar-refractivity contribution in [3.63, 3.8) is 0 Å². The number of hydrogen-bond acceptors (Lipinski definition) is 3. The molecule has 0 aliphatic rings. The summed E-state index contributed by atoms with van der Waals surface area (Å²) >= 11 is 5.77. The standard InChI is InChI=1S/C11H13ClO3/c1-2-15-11(14)9(12)10(13)8-6-4-3-5-7-8/h3-7,9-10,13H,2H2,1H3/t9-,10+/m0/s1. The van der Waals surface area contributed by atoms with E-state index in [4.69, 9.17) is 16.3 Å². The Morgan fingerprint density at radius 3 is 2.60 bits per heavy atom. The molecule has 1 N–H and O–H groups in total. The molecule has 0 heterocycles. The average molecular weight is 229 g/mol. The van der Waals surface area contributed by atoms with Crippen molar-refractivity contribution in [3.8, 4) is 0 Å². The van der Waals surface area contributed by atoms with E-state index in [0.29, 0.717) is 5.56 Å². The summed E-state index contributed by atoms with van der Waals surface area (Å²) in [5.74, 6) is -0.601. The van der Waals surface area contributed by atoms with E-state index in [0.717, 1.165) is 0 Å². The minimum absolute atomic E-state index is 0.254. The Labute approximate surface area is 93.6 Å². The first-order valence-corrected chi connectivity index (χ1v) is 5.14. The van der Waals surface area contributed by atoms with Gasteiger partial charge in [-0.3, -0.25) is 4.79 Å². The van der Waals surface area contributed by atoms with Crippen LogP contribution >= 0.6 is 11.6 Å². The van der Waals surface area contributed by atoms with Gasteiger partial charge in [0.15, 0.2) is 5.38 Å². The van der Waals surface area contributed by atoms with Crippen LogP contribution in [-0.2, 0) is 9.53 Å². The third-order valence-electron chi connectivity index (χ3n) is 1.93. The van der Waals surface area contributed by atoms with E-state index in [1.54, 1.807) is 31.2 Å². The van der Waals surface area contributed by atoms with E-state index in [1.807, 2.05) is 6.07 Å². The van der Waals surface area contributed by atoms with Gasteiger partial charge in [-0.1, -0.05) is 30.3 Å². The maximum Gasteiger partial charge on any atom is 0.327 e. The van der Waals surface area contributed by atoms with Gasteiger partial charge in [0.05, 0.1) is 6.61 Å². The molecule has 2 atom stereocenters. The summed E-state index contributed by atoms with van der Waals surface area (Å²) in [5.41, 5.74) is 0.602. The van der Waals surface area contributed by atoms with Crippen molar-refractivity contribution in [2.24, 2.45) is 0 Å². The molecule has 82 valence electrons. The molecule has 0 spiro atoms. The van der Waals surface area contributed by atoms with E-state index in [2.05, 4.69) is 0 Å². The van der Waals surface area contributed by atoms with Crippen molar-refractivity contribution in [1.82, 2.24) is 0 Å². The smallest absolute Gasteiger partial charge is 0.327 e. The normalized spacial score (nSPS) is 14.3. The molecule has 0 aliphatic heterocycles. The fraction of sp³-hybridized carbons (Fsp3) is 0.364. The molecule has 0 amide bonds. The van der Waals surface area contributed by atoms with E-state index < -0.39 is 17.5 Å². The highest BCUT2D eigenvalue weighted by molar-refractivity contribution is 6.30. The molecule has 4 heteroatoms. The molecule has 1 aromatic carbocycles. The number of aliphatic hydroxyl groups is 1. The van der Waals surface area contributed by atoms with Gasteiger partial charge >= 0.3 is 5.97 Å². The Kier molecular flexibility index (Phi) is 4.59. The van der Waals surface area contributed by atoms with Crippen LogP contribution in [0.2, 0.25) is 0 Å². The van der Waals surface area contributed by atoms with Crippen molar-refractivity contribution < 1.29 is 14.6 Å². The fourth-order valence-corrected chi connectivity index (χ4v) is 1.38. The topological polar surface area (TPSA) is 46.5 Å². The third-order valence-corrected chi connectivity index (χ3v) is 2.35. The van der Waals surface area contributed by atoms with Gasteiger partial charge in [-0.05, 0) is 12.5 Å². The van der Waals surface area contributed by atoms with Gasteiger partial charge in [0.25, 0.3) is 0 Å². The minimum atomic E-state index is -1.06. The largest absolute Gasteiger partial charge is 0.465 e. The second-order valence-corrected chi connectivity index (χ2v) is 3.48. The predicted octanol–water partition coefficient (Wildman–Crippen LogP) is 1.89. The first-order valence-electron chi connectivity index (χ1n) is 4.70. The highest BCUT2D eigenvalue weighted by Crippen LogP contribution is 2.21. The van der Waals surface area contributed by atoms with Crippen molar-refractivity contribution in [1.29, 1.82) is 0 Å². The molecule has 15 heavy (non-hydrogen) atoms. The van der Waals surface area contributed by atoms with E-state index >= 15 is 0 Å². The van der Waals surface area contributed by atoms with Gasteiger partial charge < -0.3 is 9.84 Å². The Morgan fingerprint density at radius 1 is 1.47 bits per heavy atom. The predicted molar refractivity (Wildman–Crippen MR) is 57.7 cm³/mol. The van der Waals surface area contributed by atoms with Crippen LogP contribution < -0.4 is 0 Å². The second kappa shape index (κ2) is 5.73. The Bertz CT molecular complexity index is 313. The number of esters is 1. The number of rotatable bonds is 4. The number of aliphatic hydroxyl groups excluding tert-OH is 1. The number of carbonyl (C=O) groups excluding carboxylic acids is 1. The summed E-state index contributed by atoms with van der Waals surface area (Å²) < 4.78 is 4.72. The molecule has 0 bridgehead atoms. The van der Waals surface area contributed by atoms with Crippen molar-refractivity contribution in [3.05, 3.63) is 35.9 Å². The molecular formula is C11H13ClO3. The summed E-state index contributed by atoms with van der Waals surface area (Å²) in [5, 5.41) is 8.69. The van der Waals surface area contributed by atoms with Crippen LogP contribution in [0, 0.1) is 0 Å². The molecule has 3 nitrogen and oxygen atoms in total. The number of halogens is 1. The highest BCUT2D eigenvalue weighted by Gasteiger charge is 2.26. The van der Waals surface area contributed by atoms with E-state index in [1.165, 1.54) is 0 Å². The monoisotopic (exact) mass is 228 g/mol. The maximum absolute atomic E-state index is 11.2. The van der Waals surface area contributed by atoms with Crippen LogP contribution in [0.25, 0.3) is 0 Å². The molecule has 0 fully saturated rings. The van der Waals surface area contributed by atoms with Gasteiger partial charge in [0, 0.05) is 0 Å². The lowest BCUT2D eigenvalue weighted by molar-refractivity contribution is -0.144. The van der Waals surface area contributed by atoms with Crippen LogP contribution in [0.5, 0.6) is 0 Å². The van der Waals surface area contributed by atoms with Crippen molar-refractivity contribution in [2.45, 2.75) is 18.4 Å². The summed E-state index contributed by atoms with van der Waals surface area (Å²) in [7, 11) is 0. The molecule has 0 unspecified atom stereocenters. The van der Waals surface area contributed by atoms with Crippen molar-refractivity contribution in [2.75, 3.05) is 6.61 Å².